The molecular weight excluding hydrogens is 366 g/mol. The number of unbranched alkanes of at least 4 members (excludes halogenated alkanes) is 1. The quantitative estimate of drug-likeness (QED) is 0.648. The molecule has 2 aromatic rings. The Kier molecular flexibility index (Phi) is 6.67. The van der Waals surface area contributed by atoms with Gasteiger partial charge in [0.15, 0.2) is 0 Å². The number of benzene rings is 1. The Morgan fingerprint density at radius 2 is 2.17 bits per heavy atom. The second-order valence-corrected chi connectivity index (χ2v) is 6.67. The molecule has 0 atom stereocenters. The first kappa shape index (κ1) is 18.3. The first-order chi connectivity index (χ1) is 11.5. The van der Waals surface area contributed by atoms with Crippen LogP contribution < -0.4 is 5.32 Å². The van der Waals surface area contributed by atoms with Gasteiger partial charge in [-0.15, -0.1) is 0 Å². The molecule has 126 valence electrons. The predicted molar refractivity (Wildman–Crippen MR) is 103 cm³/mol. The van der Waals surface area contributed by atoms with Gasteiger partial charge in [0.1, 0.15) is 6.29 Å². The maximum absolute atomic E-state index is 10.8. The molecule has 0 aliphatic carbocycles. The smallest absolute Gasteiger partial charge is 0.227 e. The Balaban J connectivity index is 2.21. The van der Waals surface area contributed by atoms with Crippen molar-refractivity contribution < 1.29 is 4.79 Å². The maximum atomic E-state index is 10.8. The van der Waals surface area contributed by atoms with E-state index in [-0.39, 0.29) is 6.42 Å². The van der Waals surface area contributed by atoms with Gasteiger partial charge in [0.05, 0.1) is 5.69 Å². The highest BCUT2D eigenvalue weighted by molar-refractivity contribution is 9.15. The van der Waals surface area contributed by atoms with Gasteiger partial charge in [-0.1, -0.05) is 26.0 Å². The summed E-state index contributed by atoms with van der Waals surface area (Å²) in [6.07, 6.45) is 6.27. The molecule has 0 unspecified atom stereocenters. The molecule has 1 N–H and O–H groups in total. The number of aldehydes is 1. The number of carbonyl (C=O) groups is 1. The highest BCUT2D eigenvalue weighted by Gasteiger charge is 2.09. The molecule has 0 fully saturated rings. The van der Waals surface area contributed by atoms with Crippen LogP contribution in [0.3, 0.4) is 0 Å². The summed E-state index contributed by atoms with van der Waals surface area (Å²) in [7, 11) is 0. The van der Waals surface area contributed by atoms with E-state index in [4.69, 9.17) is 0 Å². The van der Waals surface area contributed by atoms with Crippen molar-refractivity contribution in [3.8, 4) is 0 Å². The number of aryl methyl sites for hydroxylation is 2. The summed E-state index contributed by atoms with van der Waals surface area (Å²) in [5.74, 6) is 0.487. The number of aromatic nitrogens is 2. The molecule has 1 heterocycles. The molecule has 2 rings (SSSR count). The Morgan fingerprint density at radius 1 is 1.38 bits per heavy atom. The normalized spacial score (nSPS) is 10.5. The lowest BCUT2D eigenvalue weighted by Gasteiger charge is -2.11. The van der Waals surface area contributed by atoms with E-state index in [0.29, 0.717) is 16.1 Å². The lowest BCUT2D eigenvalue weighted by molar-refractivity contribution is -0.107. The van der Waals surface area contributed by atoms with Gasteiger partial charge in [0, 0.05) is 28.4 Å². The number of halogens is 1. The topological polar surface area (TPSA) is 54.9 Å². The van der Waals surface area contributed by atoms with E-state index < -0.39 is 0 Å². The molecule has 24 heavy (non-hydrogen) atoms. The molecule has 0 bridgehead atoms. The molecule has 1 aromatic heterocycles. The second-order valence-electron chi connectivity index (χ2n) is 5.71. The average Bonchev–Trinajstić information content (AvgIpc) is 2.55. The molecule has 0 aliphatic rings. The van der Waals surface area contributed by atoms with Gasteiger partial charge in [-0.25, -0.2) is 9.97 Å². The van der Waals surface area contributed by atoms with Gasteiger partial charge in [-0.05, 0) is 59.0 Å². The highest BCUT2D eigenvalue weighted by Crippen LogP contribution is 2.24. The summed E-state index contributed by atoms with van der Waals surface area (Å²) in [5.41, 5.74) is 4.98. The number of carbonyl (C=O) groups excluding carboxylic acids is 1. The fourth-order valence-corrected chi connectivity index (χ4v) is 2.83. The van der Waals surface area contributed by atoms with Crippen molar-refractivity contribution in [3.05, 3.63) is 53.4 Å². The van der Waals surface area contributed by atoms with Crippen LogP contribution in [0.2, 0.25) is 0 Å². The zero-order valence-corrected chi connectivity index (χ0v) is 15.7. The van der Waals surface area contributed by atoms with Crippen LogP contribution in [0, 0.1) is 6.92 Å². The van der Waals surface area contributed by atoms with Gasteiger partial charge < -0.3 is 10.1 Å². The lowest BCUT2D eigenvalue weighted by atomic mass is 10.0. The summed E-state index contributed by atoms with van der Waals surface area (Å²) in [6.45, 7) is 8.17. The fourth-order valence-electron chi connectivity index (χ4n) is 2.49. The van der Waals surface area contributed by atoms with Crippen molar-refractivity contribution in [1.29, 1.82) is 0 Å². The Bertz CT molecular complexity index is 743. The Hall–Kier alpha value is -2.01. The van der Waals surface area contributed by atoms with Crippen molar-refractivity contribution in [2.75, 3.05) is 5.32 Å². The minimum atomic E-state index is 0.269. The van der Waals surface area contributed by atoms with E-state index in [0.717, 1.165) is 24.0 Å². The van der Waals surface area contributed by atoms with E-state index in [1.165, 1.54) is 24.0 Å². The van der Waals surface area contributed by atoms with Gasteiger partial charge in [0.25, 0.3) is 0 Å². The lowest BCUT2D eigenvalue weighted by Crippen LogP contribution is -2.03. The van der Waals surface area contributed by atoms with Crippen molar-refractivity contribution in [3.63, 3.8) is 0 Å². The van der Waals surface area contributed by atoms with Crippen LogP contribution in [0.15, 0.2) is 31.0 Å². The van der Waals surface area contributed by atoms with E-state index in [1.54, 1.807) is 6.20 Å². The first-order valence-electron chi connectivity index (χ1n) is 8.06. The van der Waals surface area contributed by atoms with Crippen LogP contribution in [-0.4, -0.2) is 16.3 Å². The molecule has 0 aliphatic heterocycles. The van der Waals surface area contributed by atoms with Crippen LogP contribution in [0.4, 0.5) is 11.6 Å². The third kappa shape index (κ3) is 4.74. The number of hydrogen-bond acceptors (Lipinski definition) is 4. The molecule has 5 heteroatoms. The van der Waals surface area contributed by atoms with Gasteiger partial charge in [-0.3, -0.25) is 0 Å². The maximum Gasteiger partial charge on any atom is 0.227 e. The summed E-state index contributed by atoms with van der Waals surface area (Å²) in [6, 6.07) is 6.30. The van der Waals surface area contributed by atoms with Crippen LogP contribution in [0.1, 0.15) is 42.1 Å². The highest BCUT2D eigenvalue weighted by atomic mass is 79.9. The SMILES string of the molecule is C=C(Br)c1nc(Nc2ccc(CCCC)c(C)c2)ncc1CC=O. The summed E-state index contributed by atoms with van der Waals surface area (Å²) in [4.78, 5) is 19.5. The second kappa shape index (κ2) is 8.73. The van der Waals surface area contributed by atoms with Crippen molar-refractivity contribution in [2.45, 2.75) is 39.5 Å². The van der Waals surface area contributed by atoms with Gasteiger partial charge in [0.2, 0.25) is 5.95 Å². The summed E-state index contributed by atoms with van der Waals surface area (Å²) in [5, 5.41) is 3.22. The van der Waals surface area contributed by atoms with Crippen molar-refractivity contribution in [2.24, 2.45) is 0 Å². The fraction of sp³-hybridized carbons (Fsp3) is 0.316. The molecule has 4 nitrogen and oxygen atoms in total. The first-order valence-corrected chi connectivity index (χ1v) is 8.85. The average molecular weight is 388 g/mol. The van der Waals surface area contributed by atoms with E-state index in [1.807, 2.05) is 6.07 Å². The number of rotatable bonds is 8. The predicted octanol–water partition coefficient (Wildman–Crippen LogP) is 4.98. The molecule has 0 saturated carbocycles. The molecule has 1 aromatic carbocycles. The third-order valence-corrected chi connectivity index (χ3v) is 4.20. The zero-order chi connectivity index (χ0) is 17.5. The van der Waals surface area contributed by atoms with Crippen molar-refractivity contribution in [1.82, 2.24) is 9.97 Å². The minimum Gasteiger partial charge on any atom is -0.324 e. The number of anilines is 2. The Labute approximate surface area is 151 Å². The molecule has 0 amide bonds. The van der Waals surface area contributed by atoms with Gasteiger partial charge >= 0.3 is 0 Å². The molecular formula is C19H22BrN3O. The van der Waals surface area contributed by atoms with Crippen LogP contribution in [-0.2, 0) is 17.6 Å². The molecule has 0 saturated heterocycles. The summed E-state index contributed by atoms with van der Waals surface area (Å²) >= 11 is 3.34. The van der Waals surface area contributed by atoms with Crippen LogP contribution in [0.5, 0.6) is 0 Å². The van der Waals surface area contributed by atoms with E-state index in [9.17, 15) is 4.79 Å². The Morgan fingerprint density at radius 3 is 2.79 bits per heavy atom. The minimum absolute atomic E-state index is 0.269. The summed E-state index contributed by atoms with van der Waals surface area (Å²) < 4.78 is 0.635. The van der Waals surface area contributed by atoms with Gasteiger partial charge in [-0.2, -0.15) is 0 Å². The largest absolute Gasteiger partial charge is 0.324 e. The monoisotopic (exact) mass is 387 g/mol. The van der Waals surface area contributed by atoms with E-state index >= 15 is 0 Å². The molecule has 0 spiro atoms. The van der Waals surface area contributed by atoms with Crippen LogP contribution in [0.25, 0.3) is 4.48 Å². The number of nitrogens with one attached hydrogen (secondary N) is 1. The molecule has 0 radical (unpaired) electrons. The zero-order valence-electron chi connectivity index (χ0n) is 14.1. The van der Waals surface area contributed by atoms with E-state index in [2.05, 4.69) is 63.8 Å². The number of nitrogens with zero attached hydrogens (tertiary/aromatic N) is 2. The third-order valence-electron chi connectivity index (χ3n) is 3.82. The van der Waals surface area contributed by atoms with Crippen molar-refractivity contribution >= 4 is 38.3 Å². The standard InChI is InChI=1S/C19H22BrN3O/c1-4-5-6-15-7-8-17(11-13(15)2)22-19-21-12-16(9-10-24)18(23-19)14(3)20/h7-8,10-12H,3-6,9H2,1-2H3,(H,21,22,23). The number of hydrogen-bond donors (Lipinski definition) is 1. The van der Waals surface area contributed by atoms with Crippen LogP contribution >= 0.6 is 15.9 Å².